The molecule has 1 nitrogen and oxygen atoms in total. The number of hydrogen-bond donors (Lipinski definition) is 0. The summed E-state index contributed by atoms with van der Waals surface area (Å²) in [5.41, 5.74) is 6.21. The fourth-order valence-corrected chi connectivity index (χ4v) is 3.75. The Morgan fingerprint density at radius 1 is 0.615 bits per heavy atom. The largest absolute Gasteiger partial charge is 0.454 e. The molecule has 0 saturated carbocycles. The van der Waals surface area contributed by atoms with Gasteiger partial charge in [-0.05, 0) is 40.5 Å². The normalized spacial score (nSPS) is 11.3. The molecule has 1 heterocycles. The van der Waals surface area contributed by atoms with E-state index in [1.54, 1.807) is 0 Å². The molecular formula is C24H15ClO. The Morgan fingerprint density at radius 2 is 1.31 bits per heavy atom. The highest BCUT2D eigenvalue weighted by atomic mass is 35.5. The molecule has 0 aliphatic heterocycles. The second kappa shape index (κ2) is 6.05. The second-order valence-corrected chi connectivity index (χ2v) is 6.75. The minimum absolute atomic E-state index is 0.638. The van der Waals surface area contributed by atoms with Crippen LogP contribution in [0, 0.1) is 0 Å². The molecule has 0 bridgehead atoms. The Bertz CT molecular complexity index is 1220. The molecule has 26 heavy (non-hydrogen) atoms. The van der Waals surface area contributed by atoms with Crippen LogP contribution < -0.4 is 0 Å². The maximum absolute atomic E-state index is 6.39. The third-order valence-corrected chi connectivity index (χ3v) is 5.04. The molecule has 0 atom stereocenters. The quantitative estimate of drug-likeness (QED) is 0.318. The van der Waals surface area contributed by atoms with Crippen LogP contribution >= 0.6 is 11.6 Å². The van der Waals surface area contributed by atoms with Crippen LogP contribution in [0.3, 0.4) is 0 Å². The van der Waals surface area contributed by atoms with Gasteiger partial charge in [0.15, 0.2) is 5.58 Å². The number of benzene rings is 4. The van der Waals surface area contributed by atoms with Crippen LogP contribution in [0.1, 0.15) is 0 Å². The van der Waals surface area contributed by atoms with Gasteiger partial charge in [0.1, 0.15) is 5.58 Å². The van der Waals surface area contributed by atoms with Gasteiger partial charge in [0.25, 0.3) is 0 Å². The van der Waals surface area contributed by atoms with Crippen molar-refractivity contribution < 1.29 is 4.42 Å². The Morgan fingerprint density at radius 3 is 2.04 bits per heavy atom. The van der Waals surface area contributed by atoms with E-state index in [-0.39, 0.29) is 0 Å². The zero-order chi connectivity index (χ0) is 17.5. The first-order valence-electron chi connectivity index (χ1n) is 8.57. The van der Waals surface area contributed by atoms with Crippen molar-refractivity contribution in [2.24, 2.45) is 0 Å². The van der Waals surface area contributed by atoms with Crippen LogP contribution in [0.5, 0.6) is 0 Å². The fraction of sp³-hybridized carbons (Fsp3) is 0. The maximum Gasteiger partial charge on any atom is 0.154 e. The first-order chi connectivity index (χ1) is 12.8. The highest BCUT2D eigenvalue weighted by molar-refractivity contribution is 6.36. The van der Waals surface area contributed by atoms with Gasteiger partial charge < -0.3 is 4.42 Å². The summed E-state index contributed by atoms with van der Waals surface area (Å²) >= 11 is 6.39. The van der Waals surface area contributed by atoms with Crippen LogP contribution in [-0.2, 0) is 0 Å². The number of fused-ring (bicyclic) bond motifs is 3. The first kappa shape index (κ1) is 15.2. The molecule has 1 aromatic heterocycles. The minimum Gasteiger partial charge on any atom is -0.454 e. The van der Waals surface area contributed by atoms with Crippen molar-refractivity contribution in [1.29, 1.82) is 0 Å². The molecule has 0 unspecified atom stereocenters. The maximum atomic E-state index is 6.39. The molecule has 5 rings (SSSR count). The van der Waals surface area contributed by atoms with E-state index in [1.165, 1.54) is 0 Å². The lowest BCUT2D eigenvalue weighted by Crippen LogP contribution is -1.83. The van der Waals surface area contributed by atoms with Gasteiger partial charge >= 0.3 is 0 Å². The van der Waals surface area contributed by atoms with E-state index in [2.05, 4.69) is 66.7 Å². The minimum atomic E-state index is 0.638. The zero-order valence-electron chi connectivity index (χ0n) is 13.9. The molecule has 0 saturated heterocycles. The summed E-state index contributed by atoms with van der Waals surface area (Å²) < 4.78 is 6.18. The molecule has 0 N–H and O–H groups in total. The second-order valence-electron chi connectivity index (χ2n) is 6.35. The van der Waals surface area contributed by atoms with Gasteiger partial charge in [0.05, 0.1) is 5.02 Å². The van der Waals surface area contributed by atoms with Crippen molar-refractivity contribution in [3.8, 4) is 22.3 Å². The summed E-state index contributed by atoms with van der Waals surface area (Å²) in [4.78, 5) is 0. The average molecular weight is 355 g/mol. The predicted octanol–water partition coefficient (Wildman–Crippen LogP) is 7.57. The van der Waals surface area contributed by atoms with Crippen LogP contribution in [0.4, 0.5) is 0 Å². The molecule has 0 aliphatic carbocycles. The third-order valence-electron chi connectivity index (χ3n) is 4.74. The molecule has 0 aliphatic rings. The van der Waals surface area contributed by atoms with Crippen molar-refractivity contribution in [3.05, 3.63) is 96.0 Å². The molecule has 0 radical (unpaired) electrons. The summed E-state index contributed by atoms with van der Waals surface area (Å²) in [7, 11) is 0. The Kier molecular flexibility index (Phi) is 3.55. The average Bonchev–Trinajstić information content (AvgIpc) is 3.09. The number of para-hydroxylation sites is 1. The lowest BCUT2D eigenvalue weighted by Gasteiger charge is -2.08. The molecule has 124 valence electrons. The van der Waals surface area contributed by atoms with Crippen LogP contribution in [-0.4, -0.2) is 0 Å². The summed E-state index contributed by atoms with van der Waals surface area (Å²) in [6.45, 7) is 0. The molecule has 5 aromatic rings. The number of furan rings is 1. The van der Waals surface area contributed by atoms with Gasteiger partial charge in [-0.15, -0.1) is 0 Å². The summed E-state index contributed by atoms with van der Waals surface area (Å²) in [5, 5.41) is 2.79. The number of rotatable bonds is 2. The van der Waals surface area contributed by atoms with E-state index in [4.69, 9.17) is 16.0 Å². The van der Waals surface area contributed by atoms with Gasteiger partial charge in [-0.1, -0.05) is 84.4 Å². The third kappa shape index (κ3) is 2.40. The fourth-order valence-electron chi connectivity index (χ4n) is 3.54. The molecule has 0 fully saturated rings. The Hall–Kier alpha value is -3.03. The molecule has 0 spiro atoms. The van der Waals surface area contributed by atoms with E-state index < -0.39 is 0 Å². The molecular weight excluding hydrogens is 340 g/mol. The van der Waals surface area contributed by atoms with Crippen molar-refractivity contribution in [2.75, 3.05) is 0 Å². The van der Waals surface area contributed by atoms with Gasteiger partial charge in [0, 0.05) is 10.8 Å². The number of halogens is 1. The smallest absolute Gasteiger partial charge is 0.154 e. The van der Waals surface area contributed by atoms with Crippen molar-refractivity contribution in [2.45, 2.75) is 0 Å². The van der Waals surface area contributed by atoms with Crippen LogP contribution in [0.2, 0.25) is 5.02 Å². The summed E-state index contributed by atoms with van der Waals surface area (Å²) in [6, 6.07) is 31.0. The van der Waals surface area contributed by atoms with Crippen LogP contribution in [0.25, 0.3) is 44.2 Å². The van der Waals surface area contributed by atoms with Crippen molar-refractivity contribution in [3.63, 3.8) is 0 Å². The number of hydrogen-bond acceptors (Lipinski definition) is 1. The molecule has 0 amide bonds. The van der Waals surface area contributed by atoms with E-state index in [0.29, 0.717) is 5.02 Å². The SMILES string of the molecule is Clc1cccc2c1oc1cc(-c3ccccc3)cc(-c3ccccc3)c12. The van der Waals surface area contributed by atoms with Gasteiger partial charge in [-0.3, -0.25) is 0 Å². The standard InChI is InChI=1S/C24H15ClO/c25-21-13-7-12-19-23-20(17-10-5-2-6-11-17)14-18(15-22(23)26-24(19)21)16-8-3-1-4-9-16/h1-15H. The van der Waals surface area contributed by atoms with Crippen molar-refractivity contribution >= 4 is 33.5 Å². The van der Waals surface area contributed by atoms with Crippen LogP contribution in [0.15, 0.2) is 95.4 Å². The lowest BCUT2D eigenvalue weighted by molar-refractivity contribution is 0.669. The lowest BCUT2D eigenvalue weighted by atomic mass is 9.94. The van der Waals surface area contributed by atoms with Gasteiger partial charge in [-0.25, -0.2) is 0 Å². The summed E-state index contributed by atoms with van der Waals surface area (Å²) in [6.07, 6.45) is 0. The van der Waals surface area contributed by atoms with E-state index in [0.717, 1.165) is 44.2 Å². The van der Waals surface area contributed by atoms with Gasteiger partial charge in [-0.2, -0.15) is 0 Å². The first-order valence-corrected chi connectivity index (χ1v) is 8.95. The van der Waals surface area contributed by atoms with E-state index >= 15 is 0 Å². The summed E-state index contributed by atoms with van der Waals surface area (Å²) in [5.74, 6) is 0. The highest BCUT2D eigenvalue weighted by Gasteiger charge is 2.16. The predicted molar refractivity (Wildman–Crippen MR) is 110 cm³/mol. The van der Waals surface area contributed by atoms with E-state index in [1.807, 2.05) is 24.3 Å². The van der Waals surface area contributed by atoms with Crippen molar-refractivity contribution in [1.82, 2.24) is 0 Å². The van der Waals surface area contributed by atoms with E-state index in [9.17, 15) is 0 Å². The topological polar surface area (TPSA) is 13.1 Å². The monoisotopic (exact) mass is 354 g/mol. The van der Waals surface area contributed by atoms with Gasteiger partial charge in [0.2, 0.25) is 0 Å². The molecule has 2 heteroatoms. The Labute approximate surface area is 156 Å². The molecule has 4 aromatic carbocycles. The Balaban J connectivity index is 1.92. The highest BCUT2D eigenvalue weighted by Crippen LogP contribution is 2.41. The zero-order valence-corrected chi connectivity index (χ0v) is 14.7.